The maximum Gasteiger partial charge on any atom is 0.356 e. The third kappa shape index (κ3) is 3.85. The third-order valence-corrected chi connectivity index (χ3v) is 4.85. The third-order valence-electron chi connectivity index (χ3n) is 4.85. The number of carbonyl (C=O) groups is 2. The Balaban J connectivity index is 1.79. The van der Waals surface area contributed by atoms with Crippen molar-refractivity contribution >= 4 is 28.5 Å². The van der Waals surface area contributed by atoms with Crippen molar-refractivity contribution in [3.63, 3.8) is 0 Å². The molecule has 0 saturated carbocycles. The van der Waals surface area contributed by atoms with E-state index in [0.29, 0.717) is 24.1 Å². The molecule has 3 N–H and O–H groups in total. The fourth-order valence-electron chi connectivity index (χ4n) is 4.00. The van der Waals surface area contributed by atoms with Crippen LogP contribution in [0.5, 0.6) is 0 Å². The van der Waals surface area contributed by atoms with E-state index < -0.39 is 5.97 Å². The molecule has 0 aliphatic carbocycles. The van der Waals surface area contributed by atoms with Gasteiger partial charge in [0.1, 0.15) is 5.69 Å². The first-order valence-corrected chi connectivity index (χ1v) is 8.80. The second-order valence-electron chi connectivity index (χ2n) is 7.24. The molecule has 0 unspecified atom stereocenters. The molecule has 0 radical (unpaired) electrons. The zero-order valence-electron chi connectivity index (χ0n) is 15.0. The van der Waals surface area contributed by atoms with Gasteiger partial charge in [-0.1, -0.05) is 32.0 Å². The van der Waals surface area contributed by atoms with E-state index in [4.69, 9.17) is 4.74 Å². The second-order valence-corrected chi connectivity index (χ2v) is 7.24. The molecule has 3 rings (SSSR count). The lowest BCUT2D eigenvalue weighted by Crippen LogP contribution is -3.15. The first-order valence-electron chi connectivity index (χ1n) is 8.80. The van der Waals surface area contributed by atoms with Gasteiger partial charge in [-0.2, -0.15) is 0 Å². The summed E-state index contributed by atoms with van der Waals surface area (Å²) in [5.41, 5.74) is 1.59. The fourth-order valence-corrected chi connectivity index (χ4v) is 4.00. The van der Waals surface area contributed by atoms with Crippen molar-refractivity contribution in [1.82, 2.24) is 4.98 Å². The van der Waals surface area contributed by atoms with Crippen molar-refractivity contribution < 1.29 is 19.2 Å². The molecule has 1 fully saturated rings. The fraction of sp³-hybridized carbons (Fsp3) is 0.474. The number of para-hydroxylation sites is 1. The number of methoxy groups -OCH3 is 1. The summed E-state index contributed by atoms with van der Waals surface area (Å²) in [5, 5.41) is 3.75. The van der Waals surface area contributed by atoms with Crippen molar-refractivity contribution in [2.24, 2.45) is 11.8 Å². The van der Waals surface area contributed by atoms with Gasteiger partial charge in [-0.05, 0) is 12.5 Å². The van der Waals surface area contributed by atoms with Crippen LogP contribution in [0.4, 0.5) is 5.69 Å². The summed E-state index contributed by atoms with van der Waals surface area (Å²) in [6.45, 7) is 6.91. The molecule has 1 saturated heterocycles. The summed E-state index contributed by atoms with van der Waals surface area (Å²) in [5.74, 6) is 0.695. The smallest absolute Gasteiger partial charge is 0.356 e. The van der Waals surface area contributed by atoms with Crippen LogP contribution in [0.3, 0.4) is 0 Å². The number of ether oxygens (including phenoxy) is 1. The Morgan fingerprint density at radius 3 is 2.60 bits per heavy atom. The minimum Gasteiger partial charge on any atom is -0.464 e. The Bertz CT molecular complexity index is 773. The van der Waals surface area contributed by atoms with E-state index in [1.807, 2.05) is 24.3 Å². The summed E-state index contributed by atoms with van der Waals surface area (Å²) in [6, 6.07) is 7.51. The number of aromatic amines is 1. The molecule has 0 spiro atoms. The Hall–Kier alpha value is -2.34. The van der Waals surface area contributed by atoms with E-state index >= 15 is 0 Å². The number of anilines is 1. The maximum atomic E-state index is 12.6. The minimum absolute atomic E-state index is 0.0776. The maximum absolute atomic E-state index is 12.6. The monoisotopic (exact) mass is 344 g/mol. The number of H-pyrrole nitrogens is 1. The summed E-state index contributed by atoms with van der Waals surface area (Å²) in [7, 11) is 1.33. The molecular weight excluding hydrogens is 318 g/mol. The van der Waals surface area contributed by atoms with Gasteiger partial charge >= 0.3 is 5.97 Å². The summed E-state index contributed by atoms with van der Waals surface area (Å²) in [6.07, 6.45) is 1.22. The largest absolute Gasteiger partial charge is 0.464 e. The van der Waals surface area contributed by atoms with Gasteiger partial charge in [0.25, 0.3) is 5.91 Å². The highest BCUT2D eigenvalue weighted by Crippen LogP contribution is 2.28. The SMILES string of the molecule is COC(=O)c1[nH]c2ccccc2c1NC(=O)C[NH+]1C[C@H](C)C[C@@H](C)C1. The summed E-state index contributed by atoms with van der Waals surface area (Å²) < 4.78 is 4.84. The summed E-state index contributed by atoms with van der Waals surface area (Å²) >= 11 is 0. The number of piperidine rings is 1. The predicted octanol–water partition coefficient (Wildman–Crippen LogP) is 1.45. The number of carbonyl (C=O) groups excluding carboxylic acids is 2. The molecule has 25 heavy (non-hydrogen) atoms. The Kier molecular flexibility index (Phi) is 5.08. The molecule has 1 aromatic heterocycles. The van der Waals surface area contributed by atoms with E-state index in [2.05, 4.69) is 24.1 Å². The van der Waals surface area contributed by atoms with Crippen LogP contribution in [-0.4, -0.2) is 43.6 Å². The molecule has 2 atom stereocenters. The lowest BCUT2D eigenvalue weighted by atomic mass is 9.92. The molecular formula is C19H26N3O3+. The standard InChI is InChI=1S/C19H25N3O3/c1-12-8-13(2)10-22(9-12)11-16(23)21-17-14-6-4-5-7-15(14)20-18(17)19(24)25-3/h4-7,12-13,20H,8-11H2,1-3H3,(H,21,23)/p+1/t12-,13-/m1/s1. The van der Waals surface area contributed by atoms with Gasteiger partial charge in [-0.3, -0.25) is 4.79 Å². The molecule has 1 aromatic carbocycles. The first kappa shape index (κ1) is 17.5. The van der Waals surface area contributed by atoms with E-state index in [1.165, 1.54) is 18.4 Å². The van der Waals surface area contributed by atoms with Gasteiger partial charge < -0.3 is 19.9 Å². The number of hydrogen-bond donors (Lipinski definition) is 3. The molecule has 2 heterocycles. The molecule has 6 heteroatoms. The van der Waals surface area contributed by atoms with Gasteiger partial charge in [-0.15, -0.1) is 0 Å². The lowest BCUT2D eigenvalue weighted by Gasteiger charge is -2.31. The normalized spacial score (nSPS) is 23.4. The zero-order valence-corrected chi connectivity index (χ0v) is 15.0. The number of hydrogen-bond acceptors (Lipinski definition) is 3. The average molecular weight is 344 g/mol. The van der Waals surface area contributed by atoms with Crippen LogP contribution in [0.25, 0.3) is 10.9 Å². The topological polar surface area (TPSA) is 75.6 Å². The molecule has 2 aromatic rings. The van der Waals surface area contributed by atoms with Gasteiger partial charge in [0.05, 0.1) is 25.9 Å². The van der Waals surface area contributed by atoms with E-state index in [1.54, 1.807) is 0 Å². The molecule has 0 bridgehead atoms. The number of rotatable bonds is 4. The Labute approximate surface area is 147 Å². The summed E-state index contributed by atoms with van der Waals surface area (Å²) in [4.78, 5) is 29.0. The molecule has 1 aliphatic rings. The Morgan fingerprint density at radius 2 is 1.92 bits per heavy atom. The van der Waals surface area contributed by atoms with Gasteiger partial charge in [0.15, 0.2) is 6.54 Å². The highest BCUT2D eigenvalue weighted by Gasteiger charge is 2.28. The van der Waals surface area contributed by atoms with E-state index in [-0.39, 0.29) is 11.6 Å². The number of esters is 1. The predicted molar refractivity (Wildman–Crippen MR) is 96.8 cm³/mol. The molecule has 134 valence electrons. The first-order chi connectivity index (χ1) is 12.0. The van der Waals surface area contributed by atoms with Crippen LogP contribution in [-0.2, 0) is 9.53 Å². The van der Waals surface area contributed by atoms with Crippen LogP contribution < -0.4 is 10.2 Å². The highest BCUT2D eigenvalue weighted by molar-refractivity contribution is 6.11. The van der Waals surface area contributed by atoms with Crippen LogP contribution in [0.2, 0.25) is 0 Å². The number of nitrogens with one attached hydrogen (secondary N) is 3. The number of fused-ring (bicyclic) bond motifs is 1. The second kappa shape index (κ2) is 7.27. The van der Waals surface area contributed by atoms with Crippen molar-refractivity contribution in [3.05, 3.63) is 30.0 Å². The molecule has 1 amide bonds. The molecule has 1 aliphatic heterocycles. The Morgan fingerprint density at radius 1 is 1.24 bits per heavy atom. The average Bonchev–Trinajstić information content (AvgIpc) is 2.92. The van der Waals surface area contributed by atoms with E-state index in [0.717, 1.165) is 24.0 Å². The van der Waals surface area contributed by atoms with Crippen LogP contribution in [0.15, 0.2) is 24.3 Å². The van der Waals surface area contributed by atoms with Crippen molar-refractivity contribution in [1.29, 1.82) is 0 Å². The number of benzene rings is 1. The highest BCUT2D eigenvalue weighted by atomic mass is 16.5. The zero-order chi connectivity index (χ0) is 18.0. The van der Waals surface area contributed by atoms with Crippen LogP contribution >= 0.6 is 0 Å². The number of aromatic nitrogens is 1. The van der Waals surface area contributed by atoms with Gasteiger partial charge in [0.2, 0.25) is 0 Å². The quantitative estimate of drug-likeness (QED) is 0.735. The van der Waals surface area contributed by atoms with Gasteiger partial charge in [0, 0.05) is 22.7 Å². The number of amides is 1. The van der Waals surface area contributed by atoms with Crippen LogP contribution in [0.1, 0.15) is 30.8 Å². The van der Waals surface area contributed by atoms with Gasteiger partial charge in [-0.25, -0.2) is 4.79 Å². The molecule has 6 nitrogen and oxygen atoms in total. The number of likely N-dealkylation sites (tertiary alicyclic amines) is 1. The lowest BCUT2D eigenvalue weighted by molar-refractivity contribution is -0.904. The van der Waals surface area contributed by atoms with Crippen molar-refractivity contribution in [2.75, 3.05) is 32.1 Å². The minimum atomic E-state index is -0.487. The van der Waals surface area contributed by atoms with Crippen molar-refractivity contribution in [3.8, 4) is 0 Å². The van der Waals surface area contributed by atoms with E-state index in [9.17, 15) is 9.59 Å². The van der Waals surface area contributed by atoms with Crippen molar-refractivity contribution in [2.45, 2.75) is 20.3 Å². The van der Waals surface area contributed by atoms with Crippen LogP contribution in [0, 0.1) is 11.8 Å². The number of quaternary nitrogens is 1.